The first-order chi connectivity index (χ1) is 18.5. The minimum atomic E-state index is -0.690. The Morgan fingerprint density at radius 1 is 1.05 bits per heavy atom. The number of urea groups is 1. The van der Waals surface area contributed by atoms with Crippen LogP contribution in [-0.2, 0) is 45.0 Å². The van der Waals surface area contributed by atoms with Crippen molar-refractivity contribution in [1.29, 1.82) is 0 Å². The molecule has 4 amide bonds. The molecule has 13 nitrogen and oxygen atoms in total. The number of nitrogens with zero attached hydrogens (tertiary/aromatic N) is 3. The number of rotatable bonds is 17. The third-order valence-corrected chi connectivity index (χ3v) is 5.55. The summed E-state index contributed by atoms with van der Waals surface area (Å²) >= 11 is 0. The number of hydrogen-bond donors (Lipinski definition) is 6. The van der Waals surface area contributed by atoms with E-state index in [0.717, 1.165) is 0 Å². The molecule has 0 aromatic carbocycles. The van der Waals surface area contributed by atoms with E-state index < -0.39 is 23.7 Å². The van der Waals surface area contributed by atoms with Gasteiger partial charge < -0.3 is 47.0 Å². The maximum atomic E-state index is 12.7. The molecular formula is C28H58N8O5V. The normalized spacial score (nSPS) is 11.2. The Hall–Kier alpha value is -2.48. The third kappa shape index (κ3) is 21.3. The summed E-state index contributed by atoms with van der Waals surface area (Å²) in [4.78, 5) is 47.8. The van der Waals surface area contributed by atoms with Crippen molar-refractivity contribution in [3.05, 3.63) is 26.7 Å². The topological polar surface area (TPSA) is 193 Å². The average Bonchev–Trinajstić information content (AvgIpc) is 3.39. The fourth-order valence-electron chi connectivity index (χ4n) is 3.36. The summed E-state index contributed by atoms with van der Waals surface area (Å²) in [5.41, 5.74) is 5.21. The van der Waals surface area contributed by atoms with Crippen molar-refractivity contribution in [2.24, 2.45) is 5.73 Å². The average molecular weight is 638 g/mol. The minimum absolute atomic E-state index is 0. The molecule has 0 aliphatic carbocycles. The number of likely N-dealkylation sites (N-methyl/N-ethyl adjacent to an activating group) is 1. The van der Waals surface area contributed by atoms with Crippen LogP contribution >= 0.6 is 0 Å². The number of amides is 4. The van der Waals surface area contributed by atoms with Gasteiger partial charge in [0.1, 0.15) is 5.69 Å². The van der Waals surface area contributed by atoms with Crippen molar-refractivity contribution in [2.45, 2.75) is 112 Å². The summed E-state index contributed by atoms with van der Waals surface area (Å²) in [6, 6.07) is -1.98. The molecule has 1 rings (SSSR count). The second-order valence-corrected chi connectivity index (χ2v) is 8.97. The van der Waals surface area contributed by atoms with E-state index in [1.54, 1.807) is 10.9 Å². The minimum Gasteiger partial charge on any atom is -0.396 e. The van der Waals surface area contributed by atoms with Crippen molar-refractivity contribution in [2.75, 3.05) is 19.7 Å². The maximum absolute atomic E-state index is 12.7. The van der Waals surface area contributed by atoms with E-state index in [9.17, 15) is 24.3 Å². The standard InChI is InChI=1S/C22H40N8O5.2C2H6.2CH3.V/c1-5-24-18(20(34)27-17(15(2)32)7-6-11-25-21(23)35)8-9-19(33)26-13-16-14-30(29-28-16)22(3,4)10-12-31;2*1-2;;;/h14,17-18,24,31H,5-13H2,1-4H3,(H,26,33)(H,27,34)(H3,23,25,35);2*1-2H3;2*1H3;/q;;;2*-1;+2. The van der Waals surface area contributed by atoms with Gasteiger partial charge in [-0.1, -0.05) is 39.8 Å². The van der Waals surface area contributed by atoms with Crippen LogP contribution in [-0.4, -0.2) is 75.5 Å². The first kappa shape index (κ1) is 49.2. The Morgan fingerprint density at radius 3 is 2.14 bits per heavy atom. The Balaban J connectivity index is -0.000000623. The molecule has 0 aliphatic rings. The van der Waals surface area contributed by atoms with E-state index in [1.807, 2.05) is 48.5 Å². The van der Waals surface area contributed by atoms with Gasteiger partial charge in [-0.25, -0.2) is 9.48 Å². The smallest absolute Gasteiger partial charge is 0.396 e. The number of ketones is 1. The molecular weight excluding hydrogens is 579 g/mol. The summed E-state index contributed by atoms with van der Waals surface area (Å²) < 4.78 is 1.66. The molecule has 2 unspecified atom stereocenters. The zero-order valence-corrected chi connectivity index (χ0v) is 28.9. The van der Waals surface area contributed by atoms with Crippen molar-refractivity contribution in [1.82, 2.24) is 36.3 Å². The molecule has 0 aliphatic heterocycles. The summed E-state index contributed by atoms with van der Waals surface area (Å²) in [5, 5.41) is 28.3. The summed E-state index contributed by atoms with van der Waals surface area (Å²) in [7, 11) is 0. The number of aliphatic hydroxyl groups is 1. The summed E-state index contributed by atoms with van der Waals surface area (Å²) in [6.45, 7) is 16.1. The van der Waals surface area contributed by atoms with Gasteiger partial charge in [-0.2, -0.15) is 0 Å². The Kier molecular flexibility index (Phi) is 33.6. The van der Waals surface area contributed by atoms with Gasteiger partial charge in [0.2, 0.25) is 11.8 Å². The van der Waals surface area contributed by atoms with Crippen LogP contribution in [0.15, 0.2) is 6.20 Å². The molecule has 245 valence electrons. The van der Waals surface area contributed by atoms with Crippen molar-refractivity contribution in [3.63, 3.8) is 0 Å². The number of aliphatic hydroxyl groups excluding tert-OH is 1. The first-order valence-corrected chi connectivity index (χ1v) is 13.9. The zero-order chi connectivity index (χ0) is 30.4. The number of Topliss-reactive ketones (excluding diaryl/α,β-unsaturated/α-hetero) is 1. The molecule has 1 heterocycles. The van der Waals surface area contributed by atoms with Gasteiger partial charge in [0.25, 0.3) is 0 Å². The molecule has 0 fully saturated rings. The molecule has 42 heavy (non-hydrogen) atoms. The molecule has 7 N–H and O–H groups in total. The van der Waals surface area contributed by atoms with E-state index in [4.69, 9.17) is 5.73 Å². The van der Waals surface area contributed by atoms with Gasteiger partial charge in [0, 0.05) is 19.6 Å². The van der Waals surface area contributed by atoms with E-state index in [-0.39, 0.29) is 77.0 Å². The summed E-state index contributed by atoms with van der Waals surface area (Å²) in [6.07, 6.45) is 3.43. The van der Waals surface area contributed by atoms with E-state index in [0.29, 0.717) is 38.0 Å². The zero-order valence-electron chi connectivity index (χ0n) is 27.5. The molecule has 0 bridgehead atoms. The van der Waals surface area contributed by atoms with Gasteiger partial charge in [0.15, 0.2) is 5.78 Å². The van der Waals surface area contributed by atoms with E-state index >= 15 is 0 Å². The van der Waals surface area contributed by atoms with Gasteiger partial charge in [-0.3, -0.25) is 14.4 Å². The van der Waals surface area contributed by atoms with E-state index in [1.165, 1.54) is 6.92 Å². The Bertz CT molecular complexity index is 852. The SMILES string of the molecule is CC.CC.CCNC(CCC(=O)NCc1cn(C(C)(C)CCO)nn1)C(=O)NC(CCCNC(N)=O)C(C)=O.[CH3-].[CH3-].[V+2]. The van der Waals surface area contributed by atoms with Gasteiger partial charge in [-0.15, -0.1) is 5.10 Å². The summed E-state index contributed by atoms with van der Waals surface area (Å²) in [5.74, 6) is -0.803. The molecule has 0 spiro atoms. The van der Waals surface area contributed by atoms with Gasteiger partial charge in [0.05, 0.1) is 30.4 Å². The van der Waals surface area contributed by atoms with Crippen LogP contribution in [0.25, 0.3) is 0 Å². The number of nitrogens with one attached hydrogen (secondary N) is 4. The van der Waals surface area contributed by atoms with Crippen LogP contribution in [0.5, 0.6) is 0 Å². The predicted molar refractivity (Wildman–Crippen MR) is 165 cm³/mol. The monoisotopic (exact) mass is 637 g/mol. The second-order valence-electron chi connectivity index (χ2n) is 8.97. The largest absolute Gasteiger partial charge is 2.00 e. The number of carbonyl (C=O) groups excluding carboxylic acids is 4. The van der Waals surface area contributed by atoms with Crippen LogP contribution < -0.4 is 27.0 Å². The maximum Gasteiger partial charge on any atom is 2.00 e. The van der Waals surface area contributed by atoms with Crippen LogP contribution in [0, 0.1) is 14.9 Å². The van der Waals surface area contributed by atoms with Gasteiger partial charge in [-0.05, 0) is 53.0 Å². The van der Waals surface area contributed by atoms with Crippen LogP contribution in [0.4, 0.5) is 4.79 Å². The van der Waals surface area contributed by atoms with E-state index in [2.05, 4.69) is 31.6 Å². The molecule has 14 heteroatoms. The van der Waals surface area contributed by atoms with Crippen LogP contribution in [0.1, 0.15) is 93.2 Å². The Labute approximate surface area is 266 Å². The molecule has 1 aromatic rings. The van der Waals surface area contributed by atoms with Gasteiger partial charge >= 0.3 is 24.6 Å². The quantitative estimate of drug-likeness (QED) is 0.111. The van der Waals surface area contributed by atoms with Crippen molar-refractivity contribution in [3.8, 4) is 0 Å². The number of carbonyl (C=O) groups is 4. The molecule has 2 atom stereocenters. The molecule has 1 radical (unpaired) electrons. The first-order valence-electron chi connectivity index (χ1n) is 13.9. The van der Waals surface area contributed by atoms with Crippen molar-refractivity contribution >= 4 is 23.6 Å². The molecule has 1 aromatic heterocycles. The van der Waals surface area contributed by atoms with Crippen LogP contribution in [0.3, 0.4) is 0 Å². The fraction of sp³-hybridized carbons (Fsp3) is 0.714. The molecule has 0 saturated carbocycles. The number of nitrogens with two attached hydrogens (primary N) is 1. The molecule has 0 saturated heterocycles. The fourth-order valence-corrected chi connectivity index (χ4v) is 3.36. The number of aromatic nitrogens is 3. The second kappa shape index (κ2) is 28.6. The van der Waals surface area contributed by atoms with Crippen LogP contribution in [0.2, 0.25) is 0 Å². The van der Waals surface area contributed by atoms with Crippen molar-refractivity contribution < 1.29 is 42.8 Å². The predicted octanol–water partition coefficient (Wildman–Crippen LogP) is 2.24. The Morgan fingerprint density at radius 2 is 1.64 bits per heavy atom. The number of hydrogen-bond acceptors (Lipinski definition) is 8. The number of primary amides is 1. The third-order valence-electron chi connectivity index (χ3n) is 5.55.